The third-order valence-electron chi connectivity index (χ3n) is 4.73. The number of carboxylic acids is 1. The van der Waals surface area contributed by atoms with Gasteiger partial charge < -0.3 is 10.0 Å². The van der Waals surface area contributed by atoms with Crippen molar-refractivity contribution >= 4 is 29.6 Å². The highest BCUT2D eigenvalue weighted by Gasteiger charge is 2.27. The first-order chi connectivity index (χ1) is 13.8. The summed E-state index contributed by atoms with van der Waals surface area (Å²) in [6, 6.07) is 5.37. The van der Waals surface area contributed by atoms with E-state index >= 15 is 0 Å². The summed E-state index contributed by atoms with van der Waals surface area (Å²) in [6.45, 7) is 5.64. The Morgan fingerprint density at radius 3 is 2.79 bits per heavy atom. The number of aryl methyl sites for hydroxylation is 1. The van der Waals surface area contributed by atoms with Gasteiger partial charge in [-0.1, -0.05) is 17.7 Å². The van der Waals surface area contributed by atoms with Gasteiger partial charge in [-0.05, 0) is 48.4 Å². The van der Waals surface area contributed by atoms with Crippen LogP contribution in [0.25, 0.3) is 6.08 Å². The molecule has 2 aromatic rings. The Labute approximate surface area is 173 Å². The van der Waals surface area contributed by atoms with Gasteiger partial charge >= 0.3 is 5.97 Å². The quantitative estimate of drug-likeness (QED) is 0.705. The molecule has 1 aliphatic heterocycles. The molecule has 0 spiro atoms. The number of carboxylic acid groups (broad SMARTS) is 1. The van der Waals surface area contributed by atoms with Crippen LogP contribution >= 0.6 is 11.6 Å². The highest BCUT2D eigenvalue weighted by atomic mass is 35.5. The number of piperazine rings is 1. The fraction of sp³-hybridized carbons (Fsp3) is 0.421. The van der Waals surface area contributed by atoms with Gasteiger partial charge in [0.05, 0.1) is 13.1 Å². The Bertz CT molecular complexity index is 928. The first kappa shape index (κ1) is 20.9. The summed E-state index contributed by atoms with van der Waals surface area (Å²) >= 11 is 6.13. The lowest BCUT2D eigenvalue weighted by atomic mass is 10.1. The van der Waals surface area contributed by atoms with Crippen molar-refractivity contribution in [3.63, 3.8) is 0 Å². The second kappa shape index (κ2) is 9.15. The molecule has 1 atom stereocenters. The Morgan fingerprint density at radius 1 is 1.34 bits per heavy atom. The molecule has 0 bridgehead atoms. The first-order valence-electron chi connectivity index (χ1n) is 9.27. The smallest absolute Gasteiger partial charge is 0.317 e. The van der Waals surface area contributed by atoms with E-state index in [1.54, 1.807) is 24.0 Å². The van der Waals surface area contributed by atoms with Crippen LogP contribution in [0.15, 0.2) is 24.3 Å². The van der Waals surface area contributed by atoms with E-state index in [0.717, 1.165) is 11.1 Å². The second-order valence-corrected chi connectivity index (χ2v) is 7.49. The van der Waals surface area contributed by atoms with E-state index in [0.29, 0.717) is 37.0 Å². The topological polar surface area (TPSA) is 104 Å². The number of benzene rings is 1. The van der Waals surface area contributed by atoms with Gasteiger partial charge in [0.2, 0.25) is 5.91 Å². The molecular weight excluding hydrogens is 396 g/mol. The van der Waals surface area contributed by atoms with Crippen LogP contribution in [0.1, 0.15) is 23.9 Å². The van der Waals surface area contributed by atoms with E-state index in [9.17, 15) is 9.59 Å². The lowest BCUT2D eigenvalue weighted by Crippen LogP contribution is -2.54. The number of aliphatic carboxylic acids is 1. The minimum absolute atomic E-state index is 0.00780. The average molecular weight is 419 g/mol. The van der Waals surface area contributed by atoms with Gasteiger partial charge in [-0.15, -0.1) is 10.2 Å². The zero-order chi connectivity index (χ0) is 21.0. The van der Waals surface area contributed by atoms with Gasteiger partial charge in [0, 0.05) is 36.8 Å². The maximum Gasteiger partial charge on any atom is 0.317 e. The van der Waals surface area contributed by atoms with Gasteiger partial charge in [0.25, 0.3) is 0 Å². The second-order valence-electron chi connectivity index (χ2n) is 7.05. The molecule has 0 aliphatic carbocycles. The Hall–Kier alpha value is -2.78. The fourth-order valence-corrected chi connectivity index (χ4v) is 3.56. The number of carbonyl (C=O) groups excluding carboxylic acids is 1. The number of tetrazole rings is 1. The largest absolute Gasteiger partial charge is 0.480 e. The molecule has 1 aliphatic rings. The van der Waals surface area contributed by atoms with Crippen LogP contribution in [-0.4, -0.2) is 79.2 Å². The van der Waals surface area contributed by atoms with Gasteiger partial charge in [-0.25, -0.2) is 0 Å². The molecule has 0 radical (unpaired) electrons. The molecule has 1 amide bonds. The molecule has 3 rings (SSSR count). The third-order valence-corrected chi connectivity index (χ3v) is 4.96. The van der Waals surface area contributed by atoms with Crippen molar-refractivity contribution in [2.75, 3.05) is 26.2 Å². The molecule has 0 saturated carbocycles. The van der Waals surface area contributed by atoms with E-state index in [4.69, 9.17) is 16.7 Å². The van der Waals surface area contributed by atoms with E-state index in [2.05, 4.69) is 15.4 Å². The van der Waals surface area contributed by atoms with Crippen molar-refractivity contribution in [1.29, 1.82) is 0 Å². The molecule has 1 fully saturated rings. The molecule has 10 heteroatoms. The summed E-state index contributed by atoms with van der Waals surface area (Å²) in [5, 5.41) is 21.5. The molecular formula is C19H23ClN6O3. The fourth-order valence-electron chi connectivity index (χ4n) is 3.37. The van der Waals surface area contributed by atoms with E-state index < -0.39 is 5.97 Å². The maximum absolute atomic E-state index is 12.7. The van der Waals surface area contributed by atoms with Crippen molar-refractivity contribution in [1.82, 2.24) is 30.0 Å². The van der Waals surface area contributed by atoms with Crippen LogP contribution in [0.5, 0.6) is 0 Å². The Kier molecular flexibility index (Phi) is 6.60. The number of hydrogen-bond acceptors (Lipinski definition) is 6. The van der Waals surface area contributed by atoms with Crippen LogP contribution in [-0.2, 0) is 16.1 Å². The Balaban J connectivity index is 1.69. The van der Waals surface area contributed by atoms with Crippen LogP contribution in [0.3, 0.4) is 0 Å². The predicted molar refractivity (Wildman–Crippen MR) is 107 cm³/mol. The van der Waals surface area contributed by atoms with Gasteiger partial charge in [0.1, 0.15) is 0 Å². The van der Waals surface area contributed by atoms with Crippen molar-refractivity contribution < 1.29 is 14.7 Å². The van der Waals surface area contributed by atoms with Gasteiger partial charge in [-0.3, -0.25) is 14.5 Å². The number of rotatable bonds is 6. The first-order valence-corrected chi connectivity index (χ1v) is 9.65. The summed E-state index contributed by atoms with van der Waals surface area (Å²) in [6.07, 6.45) is 3.30. The maximum atomic E-state index is 12.7. The highest BCUT2D eigenvalue weighted by molar-refractivity contribution is 6.30. The number of carbonyl (C=O) groups is 2. The van der Waals surface area contributed by atoms with E-state index in [-0.39, 0.29) is 18.5 Å². The predicted octanol–water partition coefficient (Wildman–Crippen LogP) is 1.31. The van der Waals surface area contributed by atoms with Gasteiger partial charge in [-0.2, -0.15) is 4.80 Å². The van der Waals surface area contributed by atoms with Crippen LogP contribution in [0, 0.1) is 6.92 Å². The number of aromatic nitrogens is 4. The van der Waals surface area contributed by atoms with Crippen LogP contribution < -0.4 is 0 Å². The minimum Gasteiger partial charge on any atom is -0.480 e. The molecule has 1 saturated heterocycles. The zero-order valence-electron chi connectivity index (χ0n) is 16.3. The standard InChI is InChI=1S/C19H23ClN6O3/c1-13-10-24(12-19(28)29)7-8-25(13)18(27)6-4-15-3-5-17(20)9-16(15)11-26-22-14(2)21-23-26/h3-6,9,13H,7-8,10-12H2,1-2H3,(H,28,29)/b6-4+. The Morgan fingerprint density at radius 2 is 2.14 bits per heavy atom. The van der Waals surface area contributed by atoms with Crippen molar-refractivity contribution in [2.45, 2.75) is 26.4 Å². The molecule has 1 aromatic carbocycles. The lowest BCUT2D eigenvalue weighted by Gasteiger charge is -2.38. The van der Waals surface area contributed by atoms with Crippen molar-refractivity contribution in [3.8, 4) is 0 Å². The van der Waals surface area contributed by atoms with Gasteiger partial charge in [0.15, 0.2) is 5.82 Å². The van der Waals surface area contributed by atoms with Crippen molar-refractivity contribution in [2.24, 2.45) is 0 Å². The third kappa shape index (κ3) is 5.61. The highest BCUT2D eigenvalue weighted by Crippen LogP contribution is 2.19. The summed E-state index contributed by atoms with van der Waals surface area (Å²) in [5.74, 6) is -0.386. The number of halogens is 1. The summed E-state index contributed by atoms with van der Waals surface area (Å²) in [7, 11) is 0. The van der Waals surface area contributed by atoms with Crippen LogP contribution in [0.4, 0.5) is 0 Å². The molecule has 1 N–H and O–H groups in total. The van der Waals surface area contributed by atoms with E-state index in [1.165, 1.54) is 10.9 Å². The summed E-state index contributed by atoms with van der Waals surface area (Å²) in [4.78, 5) is 28.6. The van der Waals surface area contributed by atoms with Crippen LogP contribution in [0.2, 0.25) is 5.02 Å². The molecule has 29 heavy (non-hydrogen) atoms. The molecule has 9 nitrogen and oxygen atoms in total. The van der Waals surface area contributed by atoms with Crippen molar-refractivity contribution in [3.05, 3.63) is 46.2 Å². The van der Waals surface area contributed by atoms with E-state index in [1.807, 2.05) is 24.0 Å². The molecule has 154 valence electrons. The summed E-state index contributed by atoms with van der Waals surface area (Å²) < 4.78 is 0. The zero-order valence-corrected chi connectivity index (χ0v) is 17.1. The SMILES string of the molecule is Cc1nnn(Cc2cc(Cl)ccc2/C=C/C(=O)N2CCN(CC(=O)O)CC2C)n1. The molecule has 1 aromatic heterocycles. The number of nitrogens with zero attached hydrogens (tertiary/aromatic N) is 6. The minimum atomic E-state index is -0.857. The normalized spacial score (nSPS) is 17.8. The molecule has 1 unspecified atom stereocenters. The lowest BCUT2D eigenvalue weighted by molar-refractivity contribution is -0.139. The molecule has 2 heterocycles. The summed E-state index contributed by atoms with van der Waals surface area (Å²) in [5.41, 5.74) is 1.72. The average Bonchev–Trinajstić information content (AvgIpc) is 3.05. The number of amides is 1. The monoisotopic (exact) mass is 418 g/mol. The number of hydrogen-bond donors (Lipinski definition) is 1.